The molecule has 3 aromatic heterocycles. The minimum absolute atomic E-state index is 0.432. The van der Waals surface area contributed by atoms with Gasteiger partial charge in [-0.2, -0.15) is 5.26 Å². The quantitative estimate of drug-likeness (QED) is 0.150. The van der Waals surface area contributed by atoms with Gasteiger partial charge in [0.05, 0.1) is 51.7 Å². The van der Waals surface area contributed by atoms with Gasteiger partial charge in [0.1, 0.15) is 0 Å². The summed E-state index contributed by atoms with van der Waals surface area (Å²) in [5.41, 5.74) is 15.1. The molecule has 6 nitrogen and oxygen atoms in total. The predicted molar refractivity (Wildman–Crippen MR) is 269 cm³/mol. The first-order valence-electron chi connectivity index (χ1n) is 21.8. The van der Waals surface area contributed by atoms with Crippen molar-refractivity contribution in [2.24, 2.45) is 0 Å². The molecule has 0 aliphatic heterocycles. The Balaban J connectivity index is 0.878. The third kappa shape index (κ3) is 6.41. The number of rotatable bonds is 7. The number of hydrogen-bond acceptors (Lipinski definition) is 3. The minimum atomic E-state index is 0.432. The molecule has 0 N–H and O–H groups in total. The van der Waals surface area contributed by atoms with Crippen molar-refractivity contribution in [1.82, 2.24) is 19.1 Å². The summed E-state index contributed by atoms with van der Waals surface area (Å²) >= 11 is 0. The fourth-order valence-electron chi connectivity index (χ4n) is 9.50. The molecular weight excluding hydrogens is 805 g/mol. The van der Waals surface area contributed by atoms with Crippen LogP contribution in [-0.4, -0.2) is 19.1 Å². The van der Waals surface area contributed by atoms with Gasteiger partial charge < -0.3 is 9.13 Å². The van der Waals surface area contributed by atoms with Crippen molar-refractivity contribution in [2.45, 2.75) is 0 Å². The van der Waals surface area contributed by atoms with Crippen molar-refractivity contribution >= 4 is 49.3 Å². The third-order valence-electron chi connectivity index (χ3n) is 12.6. The maximum Gasteiger partial charge on any atom is 0.195 e. The topological polar surface area (TPSA) is 63.8 Å². The fourth-order valence-corrected chi connectivity index (χ4v) is 9.50. The zero-order valence-electron chi connectivity index (χ0n) is 35.5. The Morgan fingerprint density at radius 2 is 0.879 bits per heavy atom. The first-order valence-corrected chi connectivity index (χ1v) is 21.8. The van der Waals surface area contributed by atoms with Gasteiger partial charge >= 0.3 is 0 Å². The molecule has 12 aromatic rings. The van der Waals surface area contributed by atoms with Gasteiger partial charge in [-0.25, -0.2) is 14.8 Å². The van der Waals surface area contributed by atoms with Crippen molar-refractivity contribution in [3.8, 4) is 73.6 Å². The second kappa shape index (κ2) is 15.8. The second-order valence-electron chi connectivity index (χ2n) is 16.4. The summed E-state index contributed by atoms with van der Waals surface area (Å²) in [6.07, 6.45) is 0. The van der Waals surface area contributed by atoms with Crippen LogP contribution in [0.3, 0.4) is 0 Å². The average molecular weight is 841 g/mol. The van der Waals surface area contributed by atoms with Crippen molar-refractivity contribution in [1.29, 1.82) is 5.26 Å². The third-order valence-corrected chi connectivity index (χ3v) is 12.6. The molecule has 0 spiro atoms. The van der Waals surface area contributed by atoms with E-state index >= 15 is 0 Å². The molecule has 306 valence electrons. The summed E-state index contributed by atoms with van der Waals surface area (Å²) in [6, 6.07) is 77.3. The molecule has 0 atom stereocenters. The van der Waals surface area contributed by atoms with Crippen LogP contribution in [0.4, 0.5) is 5.69 Å². The average Bonchev–Trinajstić information content (AvgIpc) is 3.91. The Hall–Kier alpha value is -9.36. The number of aromatic nitrogens is 4. The Morgan fingerprint density at radius 1 is 0.394 bits per heavy atom. The highest BCUT2D eigenvalue weighted by Gasteiger charge is 2.19. The van der Waals surface area contributed by atoms with Crippen molar-refractivity contribution < 1.29 is 0 Å². The van der Waals surface area contributed by atoms with Crippen molar-refractivity contribution in [3.63, 3.8) is 0 Å². The molecule has 0 aliphatic carbocycles. The maximum absolute atomic E-state index is 10.5. The van der Waals surface area contributed by atoms with Crippen LogP contribution in [0.25, 0.3) is 116 Å². The Morgan fingerprint density at radius 3 is 1.48 bits per heavy atom. The lowest BCUT2D eigenvalue weighted by atomic mass is 9.94. The van der Waals surface area contributed by atoms with Crippen LogP contribution >= 0.6 is 0 Å². The number of fused-ring (bicyclic) bond motifs is 6. The summed E-state index contributed by atoms with van der Waals surface area (Å²) in [4.78, 5) is 13.8. The lowest BCUT2D eigenvalue weighted by Crippen LogP contribution is -1.97. The Labute approximate surface area is 381 Å². The van der Waals surface area contributed by atoms with Crippen LogP contribution in [0.2, 0.25) is 0 Å². The standard InChI is InChI=1S/C60H36N6/c1-62-54-36-51(55-37-53(42-14-4-2-5-15-42)63-60(64-55)43-16-6-3-7-17-43)44(38-61)34-50(54)41-26-24-39(25-27-41)40-28-30-45(31-29-40)65-58-23-13-10-20-49(58)52-35-46(32-33-59(52)65)66-56-21-11-8-18-47(56)48-19-9-12-22-57(48)66/h2-37H. The van der Waals surface area contributed by atoms with Crippen LogP contribution in [0.5, 0.6) is 0 Å². The molecule has 0 saturated heterocycles. The molecular formula is C60H36N6. The lowest BCUT2D eigenvalue weighted by molar-refractivity contribution is 1.17. The Kier molecular flexibility index (Phi) is 9.16. The van der Waals surface area contributed by atoms with E-state index in [1.807, 2.05) is 84.9 Å². The molecule has 0 amide bonds. The van der Waals surface area contributed by atoms with Gasteiger partial charge in [-0.1, -0.05) is 152 Å². The first kappa shape index (κ1) is 38.3. The number of nitriles is 1. The van der Waals surface area contributed by atoms with Gasteiger partial charge in [0, 0.05) is 49.6 Å². The summed E-state index contributed by atoms with van der Waals surface area (Å²) in [7, 11) is 0. The van der Waals surface area contributed by atoms with E-state index in [0.717, 1.165) is 55.9 Å². The van der Waals surface area contributed by atoms with E-state index in [2.05, 4.69) is 147 Å². The van der Waals surface area contributed by atoms with Crippen LogP contribution in [0, 0.1) is 17.9 Å². The van der Waals surface area contributed by atoms with Crippen LogP contribution in [-0.2, 0) is 0 Å². The number of benzene rings is 9. The summed E-state index contributed by atoms with van der Waals surface area (Å²) in [5, 5.41) is 15.4. The molecule has 66 heavy (non-hydrogen) atoms. The summed E-state index contributed by atoms with van der Waals surface area (Å²) in [6.45, 7) is 8.24. The van der Waals surface area contributed by atoms with Crippen LogP contribution < -0.4 is 0 Å². The molecule has 0 unspecified atom stereocenters. The van der Waals surface area contributed by atoms with E-state index in [1.54, 1.807) is 6.07 Å². The van der Waals surface area contributed by atoms with Gasteiger partial charge in [-0.3, -0.25) is 0 Å². The minimum Gasteiger partial charge on any atom is -0.309 e. The van der Waals surface area contributed by atoms with E-state index in [9.17, 15) is 5.26 Å². The van der Waals surface area contributed by atoms with E-state index in [-0.39, 0.29) is 0 Å². The molecule has 0 saturated carbocycles. The SMILES string of the molecule is [C-]#[N+]c1cc(-c2cc(-c3ccccc3)nc(-c3ccccc3)n2)c(C#N)cc1-c1ccc(-c2ccc(-n3c4ccccc4c4cc(-n5c6ccccc6c6ccccc65)ccc43)cc2)cc1. The molecule has 0 radical (unpaired) electrons. The van der Waals surface area contributed by atoms with E-state index in [1.165, 1.54) is 32.6 Å². The van der Waals surface area contributed by atoms with Crippen molar-refractivity contribution in [2.75, 3.05) is 0 Å². The van der Waals surface area contributed by atoms with Crippen LogP contribution in [0.15, 0.2) is 218 Å². The number of hydrogen-bond donors (Lipinski definition) is 0. The zero-order chi connectivity index (χ0) is 44.1. The highest BCUT2D eigenvalue weighted by Crippen LogP contribution is 2.40. The van der Waals surface area contributed by atoms with Gasteiger partial charge in [0.2, 0.25) is 0 Å². The smallest absolute Gasteiger partial charge is 0.195 e. The van der Waals surface area contributed by atoms with Gasteiger partial charge in [0.15, 0.2) is 11.5 Å². The normalized spacial score (nSPS) is 11.3. The van der Waals surface area contributed by atoms with E-state index < -0.39 is 0 Å². The monoisotopic (exact) mass is 840 g/mol. The maximum atomic E-state index is 10.5. The summed E-state index contributed by atoms with van der Waals surface area (Å²) < 4.78 is 4.72. The molecule has 6 heteroatoms. The molecule has 9 aromatic carbocycles. The van der Waals surface area contributed by atoms with Crippen LogP contribution in [0.1, 0.15) is 5.56 Å². The van der Waals surface area contributed by atoms with Gasteiger partial charge in [-0.05, 0) is 89.0 Å². The number of para-hydroxylation sites is 3. The summed E-state index contributed by atoms with van der Waals surface area (Å²) in [5.74, 6) is 0.549. The molecule has 0 fully saturated rings. The first-order chi connectivity index (χ1) is 32.6. The number of nitrogens with zero attached hydrogens (tertiary/aromatic N) is 6. The molecule has 0 bridgehead atoms. The largest absolute Gasteiger partial charge is 0.309 e. The highest BCUT2D eigenvalue weighted by molar-refractivity contribution is 6.12. The second-order valence-corrected chi connectivity index (χ2v) is 16.4. The predicted octanol–water partition coefficient (Wildman–Crippen LogP) is 15.4. The van der Waals surface area contributed by atoms with Crippen molar-refractivity contribution in [3.05, 3.63) is 235 Å². The molecule has 12 rings (SSSR count). The highest BCUT2D eigenvalue weighted by atomic mass is 15.0. The molecule has 3 heterocycles. The lowest BCUT2D eigenvalue weighted by Gasteiger charge is -2.13. The van der Waals surface area contributed by atoms with Gasteiger partial charge in [0.25, 0.3) is 0 Å². The Bertz CT molecular complexity index is 3810. The molecule has 0 aliphatic rings. The zero-order valence-corrected chi connectivity index (χ0v) is 35.5. The fraction of sp³-hybridized carbons (Fsp3) is 0. The van der Waals surface area contributed by atoms with E-state index in [0.29, 0.717) is 33.9 Å². The van der Waals surface area contributed by atoms with Gasteiger partial charge in [-0.15, -0.1) is 0 Å². The van der Waals surface area contributed by atoms with E-state index in [4.69, 9.17) is 16.5 Å².